The molecule has 0 unspecified atom stereocenters. The molecular weight excluding hydrogens is 238 g/mol. The minimum absolute atomic E-state index is 0.132. The molecule has 0 aliphatic rings. The van der Waals surface area contributed by atoms with Crippen LogP contribution >= 0.6 is 11.6 Å². The Bertz CT molecular complexity index is 429. The standard InChI is InChI=1S/C13H18ClNO2/c1-9-10(6-5-7-11(9)16)12(17)15(4)13(2,3)8-14/h5-7,16H,8H2,1-4H3. The first-order chi connectivity index (χ1) is 7.81. The average molecular weight is 256 g/mol. The van der Waals surface area contributed by atoms with Gasteiger partial charge in [-0.3, -0.25) is 4.79 Å². The maximum absolute atomic E-state index is 12.3. The number of hydrogen-bond donors (Lipinski definition) is 1. The molecule has 0 radical (unpaired) electrons. The lowest BCUT2D eigenvalue weighted by Crippen LogP contribution is -2.46. The summed E-state index contributed by atoms with van der Waals surface area (Å²) in [6.07, 6.45) is 0. The molecule has 0 aliphatic carbocycles. The number of hydrogen-bond acceptors (Lipinski definition) is 2. The highest BCUT2D eigenvalue weighted by Gasteiger charge is 2.28. The molecule has 0 aromatic heterocycles. The van der Waals surface area contributed by atoms with Crippen molar-refractivity contribution in [2.24, 2.45) is 0 Å². The van der Waals surface area contributed by atoms with Crippen LogP contribution in [0.3, 0.4) is 0 Å². The molecule has 1 amide bonds. The minimum atomic E-state index is -0.420. The van der Waals surface area contributed by atoms with Gasteiger partial charge in [-0.25, -0.2) is 0 Å². The van der Waals surface area contributed by atoms with Crippen molar-refractivity contribution in [2.75, 3.05) is 12.9 Å². The largest absolute Gasteiger partial charge is 0.508 e. The lowest BCUT2D eigenvalue weighted by molar-refractivity contribution is 0.0659. The lowest BCUT2D eigenvalue weighted by Gasteiger charge is -2.34. The predicted molar refractivity (Wildman–Crippen MR) is 69.7 cm³/mol. The molecule has 0 saturated carbocycles. The lowest BCUT2D eigenvalue weighted by atomic mass is 10.0. The first-order valence-electron chi connectivity index (χ1n) is 5.44. The number of amides is 1. The van der Waals surface area contributed by atoms with Gasteiger partial charge in [0, 0.05) is 24.1 Å². The first-order valence-corrected chi connectivity index (χ1v) is 5.97. The molecule has 4 heteroatoms. The number of carbonyl (C=O) groups is 1. The van der Waals surface area contributed by atoms with Crippen molar-refractivity contribution in [3.63, 3.8) is 0 Å². The van der Waals surface area contributed by atoms with E-state index >= 15 is 0 Å². The van der Waals surface area contributed by atoms with Gasteiger partial charge >= 0.3 is 0 Å². The van der Waals surface area contributed by atoms with Gasteiger partial charge in [0.15, 0.2) is 0 Å². The van der Waals surface area contributed by atoms with Crippen molar-refractivity contribution >= 4 is 17.5 Å². The Morgan fingerprint density at radius 2 is 2.06 bits per heavy atom. The van der Waals surface area contributed by atoms with Gasteiger partial charge in [0.2, 0.25) is 0 Å². The van der Waals surface area contributed by atoms with E-state index in [1.165, 1.54) is 0 Å². The summed E-state index contributed by atoms with van der Waals surface area (Å²) in [5, 5.41) is 9.59. The van der Waals surface area contributed by atoms with E-state index in [0.29, 0.717) is 17.0 Å². The predicted octanol–water partition coefficient (Wildman–Crippen LogP) is 2.79. The van der Waals surface area contributed by atoms with Crippen LogP contribution in [0.25, 0.3) is 0 Å². The van der Waals surface area contributed by atoms with Crippen LogP contribution in [-0.4, -0.2) is 34.4 Å². The maximum Gasteiger partial charge on any atom is 0.254 e. The van der Waals surface area contributed by atoms with E-state index in [9.17, 15) is 9.90 Å². The Hall–Kier alpha value is -1.22. The summed E-state index contributed by atoms with van der Waals surface area (Å²) in [4.78, 5) is 13.9. The van der Waals surface area contributed by atoms with E-state index in [1.54, 1.807) is 37.1 Å². The highest BCUT2D eigenvalue weighted by molar-refractivity contribution is 6.18. The van der Waals surface area contributed by atoms with Gasteiger partial charge in [-0.05, 0) is 32.9 Å². The third kappa shape index (κ3) is 2.72. The fraction of sp³-hybridized carbons (Fsp3) is 0.462. The van der Waals surface area contributed by atoms with Crippen molar-refractivity contribution < 1.29 is 9.90 Å². The molecule has 0 atom stereocenters. The van der Waals surface area contributed by atoms with Gasteiger partial charge in [-0.2, -0.15) is 0 Å². The molecule has 17 heavy (non-hydrogen) atoms. The number of alkyl halides is 1. The van der Waals surface area contributed by atoms with Crippen molar-refractivity contribution in [1.29, 1.82) is 0 Å². The second kappa shape index (κ2) is 4.96. The van der Waals surface area contributed by atoms with E-state index in [2.05, 4.69) is 0 Å². The summed E-state index contributed by atoms with van der Waals surface area (Å²) in [6.45, 7) is 5.52. The number of phenols is 1. The molecular formula is C13H18ClNO2. The van der Waals surface area contributed by atoms with Crippen molar-refractivity contribution in [3.8, 4) is 5.75 Å². The van der Waals surface area contributed by atoms with Crippen molar-refractivity contribution in [3.05, 3.63) is 29.3 Å². The fourth-order valence-electron chi connectivity index (χ4n) is 1.40. The minimum Gasteiger partial charge on any atom is -0.508 e. The second-order valence-corrected chi connectivity index (χ2v) is 5.03. The molecule has 0 heterocycles. The van der Waals surface area contributed by atoms with Gasteiger partial charge < -0.3 is 10.0 Å². The summed E-state index contributed by atoms with van der Waals surface area (Å²) in [6, 6.07) is 4.94. The fourth-order valence-corrected chi connectivity index (χ4v) is 1.58. The Morgan fingerprint density at radius 3 is 2.59 bits per heavy atom. The van der Waals surface area contributed by atoms with Gasteiger partial charge in [-0.15, -0.1) is 11.6 Å². The summed E-state index contributed by atoms with van der Waals surface area (Å²) >= 11 is 5.85. The van der Waals surface area contributed by atoms with Gasteiger partial charge in [-0.1, -0.05) is 6.07 Å². The molecule has 0 aliphatic heterocycles. The summed E-state index contributed by atoms with van der Waals surface area (Å²) in [7, 11) is 1.72. The number of phenolic OH excluding ortho intramolecular Hbond substituents is 1. The van der Waals surface area contributed by atoms with Gasteiger partial charge in [0.25, 0.3) is 5.91 Å². The molecule has 0 fully saturated rings. The van der Waals surface area contributed by atoms with E-state index in [4.69, 9.17) is 11.6 Å². The van der Waals surface area contributed by atoms with Crippen LogP contribution in [0.15, 0.2) is 18.2 Å². The second-order valence-electron chi connectivity index (χ2n) is 4.76. The molecule has 3 nitrogen and oxygen atoms in total. The molecule has 0 spiro atoms. The normalized spacial score (nSPS) is 11.4. The van der Waals surface area contributed by atoms with Crippen molar-refractivity contribution in [1.82, 2.24) is 4.90 Å². The van der Waals surface area contributed by atoms with E-state index < -0.39 is 5.54 Å². The summed E-state index contributed by atoms with van der Waals surface area (Å²) in [5.74, 6) is 0.351. The quantitative estimate of drug-likeness (QED) is 0.844. The Balaban J connectivity index is 3.09. The average Bonchev–Trinajstić information content (AvgIpc) is 2.30. The Kier molecular flexibility index (Phi) is 4.04. The highest BCUT2D eigenvalue weighted by atomic mass is 35.5. The number of benzene rings is 1. The smallest absolute Gasteiger partial charge is 0.254 e. The summed E-state index contributed by atoms with van der Waals surface area (Å²) < 4.78 is 0. The highest BCUT2D eigenvalue weighted by Crippen LogP contribution is 2.23. The topological polar surface area (TPSA) is 40.5 Å². The molecule has 1 N–H and O–H groups in total. The first kappa shape index (κ1) is 13.8. The van der Waals surface area contributed by atoms with E-state index in [-0.39, 0.29) is 11.7 Å². The van der Waals surface area contributed by atoms with Crippen LogP contribution in [0.1, 0.15) is 29.8 Å². The molecule has 1 aromatic carbocycles. The monoisotopic (exact) mass is 255 g/mol. The molecule has 94 valence electrons. The van der Waals surface area contributed by atoms with E-state index in [0.717, 1.165) is 0 Å². The molecule has 0 saturated heterocycles. The molecule has 0 bridgehead atoms. The third-order valence-corrected chi connectivity index (χ3v) is 3.73. The van der Waals surface area contributed by atoms with Crippen LogP contribution < -0.4 is 0 Å². The van der Waals surface area contributed by atoms with E-state index in [1.807, 2.05) is 13.8 Å². The molecule has 1 rings (SSSR count). The number of halogens is 1. The Morgan fingerprint density at radius 1 is 1.47 bits per heavy atom. The third-order valence-electron chi connectivity index (χ3n) is 3.08. The van der Waals surface area contributed by atoms with Crippen LogP contribution in [-0.2, 0) is 0 Å². The maximum atomic E-state index is 12.3. The zero-order chi connectivity index (χ0) is 13.2. The number of rotatable bonds is 3. The number of nitrogens with zero attached hydrogens (tertiary/aromatic N) is 1. The zero-order valence-electron chi connectivity index (χ0n) is 10.6. The van der Waals surface area contributed by atoms with Crippen molar-refractivity contribution in [2.45, 2.75) is 26.3 Å². The van der Waals surface area contributed by atoms with Gasteiger partial charge in [0.05, 0.1) is 5.54 Å². The Labute approximate surface area is 107 Å². The zero-order valence-corrected chi connectivity index (χ0v) is 11.4. The van der Waals surface area contributed by atoms with Gasteiger partial charge in [0.1, 0.15) is 5.75 Å². The molecule has 1 aromatic rings. The SMILES string of the molecule is Cc1c(O)cccc1C(=O)N(C)C(C)(C)CCl. The summed E-state index contributed by atoms with van der Waals surface area (Å²) in [5.41, 5.74) is 0.678. The van der Waals surface area contributed by atoms with Crippen LogP contribution in [0, 0.1) is 6.92 Å². The van der Waals surface area contributed by atoms with Crippen LogP contribution in [0.4, 0.5) is 0 Å². The number of carbonyl (C=O) groups excluding carboxylic acids is 1. The van der Waals surface area contributed by atoms with Crippen LogP contribution in [0.2, 0.25) is 0 Å². The van der Waals surface area contributed by atoms with Crippen LogP contribution in [0.5, 0.6) is 5.75 Å². The number of aromatic hydroxyl groups is 1.